The molecule has 0 fully saturated rings. The molecule has 0 spiro atoms. The van der Waals surface area contributed by atoms with Gasteiger partial charge in [-0.3, -0.25) is 0 Å². The van der Waals surface area contributed by atoms with Crippen molar-refractivity contribution in [3.63, 3.8) is 0 Å². The van der Waals surface area contributed by atoms with E-state index in [9.17, 15) is 13.2 Å². The summed E-state index contributed by atoms with van der Waals surface area (Å²) in [5.74, 6) is 0.696. The van der Waals surface area contributed by atoms with Crippen molar-refractivity contribution in [2.75, 3.05) is 0 Å². The molecule has 1 unspecified atom stereocenters. The smallest absolute Gasteiger partial charge is 0.416 e. The quantitative estimate of drug-likeness (QED) is 0.879. The number of nitrogens with one attached hydrogen (secondary N) is 1. The van der Waals surface area contributed by atoms with Gasteiger partial charge >= 0.3 is 6.18 Å². The minimum Gasteiger partial charge on any atom is -0.468 e. The summed E-state index contributed by atoms with van der Waals surface area (Å²) in [6.07, 6.45) is -2.80. The van der Waals surface area contributed by atoms with Crippen LogP contribution in [0.1, 0.15) is 42.8 Å². The number of halogens is 3. The van der Waals surface area contributed by atoms with Crippen LogP contribution in [0.3, 0.4) is 0 Å². The Kier molecular flexibility index (Phi) is 4.18. The Labute approximate surface area is 115 Å². The van der Waals surface area contributed by atoms with Gasteiger partial charge in [0.15, 0.2) is 0 Å². The molecule has 0 radical (unpaired) electrons. The van der Waals surface area contributed by atoms with Gasteiger partial charge in [0, 0.05) is 6.04 Å². The third kappa shape index (κ3) is 3.22. The topological polar surface area (TPSA) is 25.2 Å². The SMILES string of the molecule is CC(N[C@@H](C)c1ccco1)c1ccccc1C(F)(F)F. The minimum absolute atomic E-state index is 0.165. The van der Waals surface area contributed by atoms with E-state index in [1.165, 1.54) is 12.1 Å². The van der Waals surface area contributed by atoms with E-state index in [2.05, 4.69) is 5.32 Å². The molecule has 1 heterocycles. The third-order valence-electron chi connectivity index (χ3n) is 3.20. The predicted molar refractivity (Wildman–Crippen MR) is 70.1 cm³/mol. The van der Waals surface area contributed by atoms with Gasteiger partial charge in [0.05, 0.1) is 17.9 Å². The Morgan fingerprint density at radius 2 is 1.70 bits per heavy atom. The first-order valence-corrected chi connectivity index (χ1v) is 6.35. The maximum Gasteiger partial charge on any atom is 0.416 e. The molecule has 0 aliphatic carbocycles. The molecule has 2 aromatic rings. The van der Waals surface area contributed by atoms with Gasteiger partial charge in [-0.25, -0.2) is 0 Å². The van der Waals surface area contributed by atoms with Gasteiger partial charge < -0.3 is 9.73 Å². The summed E-state index contributed by atoms with van der Waals surface area (Å²) in [5.41, 5.74) is -0.370. The van der Waals surface area contributed by atoms with Crippen LogP contribution >= 0.6 is 0 Å². The second kappa shape index (κ2) is 5.71. The molecule has 0 saturated carbocycles. The van der Waals surface area contributed by atoms with Crippen molar-refractivity contribution in [2.45, 2.75) is 32.1 Å². The molecule has 0 aliphatic heterocycles. The van der Waals surface area contributed by atoms with Crippen molar-refractivity contribution in [1.82, 2.24) is 5.32 Å². The minimum atomic E-state index is -4.35. The predicted octanol–water partition coefficient (Wildman–Crippen LogP) is 4.71. The first-order chi connectivity index (χ1) is 9.39. The highest BCUT2D eigenvalue weighted by atomic mass is 19.4. The van der Waals surface area contributed by atoms with Crippen LogP contribution in [0.2, 0.25) is 0 Å². The maximum atomic E-state index is 13.0. The lowest BCUT2D eigenvalue weighted by Gasteiger charge is -2.22. The van der Waals surface area contributed by atoms with Crippen molar-refractivity contribution >= 4 is 0 Å². The molecule has 0 saturated heterocycles. The highest BCUT2D eigenvalue weighted by Crippen LogP contribution is 2.35. The molecular formula is C15H16F3NO. The molecule has 5 heteroatoms. The summed E-state index contributed by atoms with van der Waals surface area (Å²) in [7, 11) is 0. The molecule has 0 bridgehead atoms. The number of furan rings is 1. The zero-order chi connectivity index (χ0) is 14.8. The number of alkyl halides is 3. The molecule has 0 amide bonds. The van der Waals surface area contributed by atoms with Crippen molar-refractivity contribution in [3.8, 4) is 0 Å². The Bertz CT molecular complexity index is 548. The van der Waals surface area contributed by atoms with Crippen LogP contribution in [0.4, 0.5) is 13.2 Å². The molecule has 1 aromatic heterocycles. The first kappa shape index (κ1) is 14.7. The summed E-state index contributed by atoms with van der Waals surface area (Å²) in [5, 5.41) is 3.12. The highest BCUT2D eigenvalue weighted by Gasteiger charge is 2.34. The van der Waals surface area contributed by atoms with E-state index in [0.717, 1.165) is 6.07 Å². The van der Waals surface area contributed by atoms with Gasteiger partial charge in [-0.1, -0.05) is 18.2 Å². The summed E-state index contributed by atoms with van der Waals surface area (Å²) >= 11 is 0. The van der Waals surface area contributed by atoms with Crippen LogP contribution in [-0.2, 0) is 6.18 Å². The largest absolute Gasteiger partial charge is 0.468 e. The zero-order valence-corrected chi connectivity index (χ0v) is 11.2. The maximum absolute atomic E-state index is 13.0. The van der Waals surface area contributed by atoms with Crippen molar-refractivity contribution < 1.29 is 17.6 Å². The average molecular weight is 283 g/mol. The summed E-state index contributed by atoms with van der Waals surface area (Å²) in [6, 6.07) is 8.55. The molecule has 2 rings (SSSR count). The van der Waals surface area contributed by atoms with Crippen molar-refractivity contribution in [3.05, 3.63) is 59.5 Å². The molecular weight excluding hydrogens is 267 g/mol. The molecule has 1 aromatic carbocycles. The van der Waals surface area contributed by atoms with E-state index < -0.39 is 17.8 Å². The molecule has 2 atom stereocenters. The average Bonchev–Trinajstić information content (AvgIpc) is 2.91. The van der Waals surface area contributed by atoms with Crippen LogP contribution in [0.5, 0.6) is 0 Å². The summed E-state index contributed by atoms with van der Waals surface area (Å²) < 4.78 is 44.2. The van der Waals surface area contributed by atoms with Crippen LogP contribution in [0.15, 0.2) is 47.1 Å². The molecule has 20 heavy (non-hydrogen) atoms. The zero-order valence-electron chi connectivity index (χ0n) is 11.2. The van der Waals surface area contributed by atoms with E-state index in [4.69, 9.17) is 4.42 Å². The fourth-order valence-corrected chi connectivity index (χ4v) is 2.22. The summed E-state index contributed by atoms with van der Waals surface area (Å²) in [4.78, 5) is 0. The van der Waals surface area contributed by atoms with E-state index in [1.54, 1.807) is 31.4 Å². The van der Waals surface area contributed by atoms with E-state index in [1.807, 2.05) is 6.92 Å². The molecule has 0 aliphatic rings. The number of hydrogen-bond donors (Lipinski definition) is 1. The second-order valence-corrected chi connectivity index (χ2v) is 4.71. The number of hydrogen-bond acceptors (Lipinski definition) is 2. The van der Waals surface area contributed by atoms with Gasteiger partial charge in [-0.15, -0.1) is 0 Å². The fraction of sp³-hybridized carbons (Fsp3) is 0.333. The third-order valence-corrected chi connectivity index (χ3v) is 3.20. The Hall–Kier alpha value is -1.75. The Morgan fingerprint density at radius 1 is 1.00 bits per heavy atom. The standard InChI is InChI=1S/C15H16F3NO/c1-10(19-11(2)14-8-5-9-20-14)12-6-3-4-7-13(12)15(16,17)18/h3-11,19H,1-2H3/t10?,11-/m0/s1. The number of benzene rings is 1. The fourth-order valence-electron chi connectivity index (χ4n) is 2.22. The van der Waals surface area contributed by atoms with Crippen LogP contribution in [0.25, 0.3) is 0 Å². The van der Waals surface area contributed by atoms with Crippen molar-refractivity contribution in [1.29, 1.82) is 0 Å². The van der Waals surface area contributed by atoms with Gasteiger partial charge in [-0.2, -0.15) is 13.2 Å². The lowest BCUT2D eigenvalue weighted by atomic mass is 10.00. The van der Waals surface area contributed by atoms with Gasteiger partial charge in [0.2, 0.25) is 0 Å². The van der Waals surface area contributed by atoms with Crippen LogP contribution in [0, 0.1) is 0 Å². The monoisotopic (exact) mass is 283 g/mol. The molecule has 108 valence electrons. The lowest BCUT2D eigenvalue weighted by Crippen LogP contribution is -2.24. The number of rotatable bonds is 4. The van der Waals surface area contributed by atoms with Crippen LogP contribution in [-0.4, -0.2) is 0 Å². The van der Waals surface area contributed by atoms with Gasteiger partial charge in [0.25, 0.3) is 0 Å². The van der Waals surface area contributed by atoms with E-state index in [-0.39, 0.29) is 11.6 Å². The van der Waals surface area contributed by atoms with E-state index >= 15 is 0 Å². The Balaban J connectivity index is 2.19. The highest BCUT2D eigenvalue weighted by molar-refractivity contribution is 5.32. The lowest BCUT2D eigenvalue weighted by molar-refractivity contribution is -0.138. The second-order valence-electron chi connectivity index (χ2n) is 4.71. The van der Waals surface area contributed by atoms with Gasteiger partial charge in [-0.05, 0) is 37.6 Å². The normalized spacial score (nSPS) is 15.1. The summed E-state index contributed by atoms with van der Waals surface area (Å²) in [6.45, 7) is 3.57. The van der Waals surface area contributed by atoms with E-state index in [0.29, 0.717) is 5.76 Å². The molecule has 1 N–H and O–H groups in total. The van der Waals surface area contributed by atoms with Crippen molar-refractivity contribution in [2.24, 2.45) is 0 Å². The Morgan fingerprint density at radius 3 is 2.30 bits per heavy atom. The van der Waals surface area contributed by atoms with Crippen LogP contribution < -0.4 is 5.32 Å². The molecule has 2 nitrogen and oxygen atoms in total. The van der Waals surface area contributed by atoms with Gasteiger partial charge in [0.1, 0.15) is 5.76 Å². The first-order valence-electron chi connectivity index (χ1n) is 6.35.